The topological polar surface area (TPSA) is 39.7 Å². The minimum atomic E-state index is 0.0226. The van der Waals surface area contributed by atoms with E-state index in [4.69, 9.17) is 14.2 Å². The predicted octanol–water partition coefficient (Wildman–Crippen LogP) is 3.42. The third kappa shape index (κ3) is 4.35. The molecule has 0 saturated heterocycles. The third-order valence-corrected chi connectivity index (χ3v) is 3.60. The molecule has 0 aliphatic carbocycles. The van der Waals surface area contributed by atoms with E-state index in [1.807, 2.05) is 12.1 Å². The van der Waals surface area contributed by atoms with Crippen LogP contribution in [-0.2, 0) is 4.74 Å². The normalized spacial score (nSPS) is 14.6. The molecule has 0 amide bonds. The highest BCUT2D eigenvalue weighted by Crippen LogP contribution is 2.36. The second-order valence-electron chi connectivity index (χ2n) is 6.17. The molecule has 0 aliphatic heterocycles. The molecule has 1 N–H and O–H groups in total. The van der Waals surface area contributed by atoms with E-state index in [1.165, 1.54) is 0 Å². The third-order valence-electron chi connectivity index (χ3n) is 3.60. The number of hydrogen-bond acceptors (Lipinski definition) is 4. The Morgan fingerprint density at radius 2 is 1.67 bits per heavy atom. The van der Waals surface area contributed by atoms with Crippen molar-refractivity contribution in [2.75, 3.05) is 27.9 Å². The van der Waals surface area contributed by atoms with Gasteiger partial charge in [-0.25, -0.2) is 0 Å². The van der Waals surface area contributed by atoms with Gasteiger partial charge < -0.3 is 19.5 Å². The first-order valence-electron chi connectivity index (χ1n) is 7.37. The summed E-state index contributed by atoms with van der Waals surface area (Å²) in [7, 11) is 5.06. The molecule has 0 heterocycles. The van der Waals surface area contributed by atoms with Crippen LogP contribution in [0.1, 0.15) is 39.3 Å². The lowest BCUT2D eigenvalue weighted by atomic mass is 9.82. The van der Waals surface area contributed by atoms with Crippen LogP contribution >= 0.6 is 0 Å². The fraction of sp³-hybridized carbons (Fsp3) is 0.647. The second-order valence-corrected chi connectivity index (χ2v) is 6.17. The van der Waals surface area contributed by atoms with Crippen LogP contribution in [-0.4, -0.2) is 34.0 Å². The van der Waals surface area contributed by atoms with Crippen LogP contribution in [0.2, 0.25) is 0 Å². The van der Waals surface area contributed by atoms with Crippen LogP contribution in [0.4, 0.5) is 0 Å². The summed E-state index contributed by atoms with van der Waals surface area (Å²) in [5, 5.41) is 3.52. The zero-order chi connectivity index (χ0) is 16.0. The number of hydrogen-bond donors (Lipinski definition) is 1. The van der Waals surface area contributed by atoms with Gasteiger partial charge in [0.05, 0.1) is 26.4 Å². The first kappa shape index (κ1) is 17.8. The van der Waals surface area contributed by atoms with Gasteiger partial charge in [-0.3, -0.25) is 0 Å². The summed E-state index contributed by atoms with van der Waals surface area (Å²) in [5.41, 5.74) is 1.16. The molecule has 2 unspecified atom stereocenters. The minimum Gasteiger partial charge on any atom is -0.493 e. The molecule has 0 spiro atoms. The van der Waals surface area contributed by atoms with Crippen molar-refractivity contribution in [3.05, 3.63) is 23.8 Å². The van der Waals surface area contributed by atoms with Gasteiger partial charge in [-0.05, 0) is 29.7 Å². The van der Waals surface area contributed by atoms with Gasteiger partial charge in [-0.15, -0.1) is 0 Å². The molecule has 1 rings (SSSR count). The number of likely N-dealkylation sites (N-methyl/N-ethyl adjacent to an activating group) is 1. The summed E-state index contributed by atoms with van der Waals surface area (Å²) >= 11 is 0. The van der Waals surface area contributed by atoms with Crippen molar-refractivity contribution in [1.82, 2.24) is 5.32 Å². The fourth-order valence-electron chi connectivity index (χ4n) is 2.66. The zero-order valence-corrected chi connectivity index (χ0v) is 14.3. The Labute approximate surface area is 128 Å². The molecule has 0 aromatic heterocycles. The SMILES string of the molecule is CCNC(c1ccc(OC)c(OC)c1)C(OC)C(C)(C)C. The molecule has 0 radical (unpaired) electrons. The van der Waals surface area contributed by atoms with Crippen LogP contribution < -0.4 is 14.8 Å². The van der Waals surface area contributed by atoms with Crippen LogP contribution in [0.15, 0.2) is 18.2 Å². The van der Waals surface area contributed by atoms with E-state index >= 15 is 0 Å². The van der Waals surface area contributed by atoms with Gasteiger partial charge in [0, 0.05) is 7.11 Å². The van der Waals surface area contributed by atoms with Gasteiger partial charge in [0.1, 0.15) is 0 Å². The van der Waals surface area contributed by atoms with Gasteiger partial charge in [0.2, 0.25) is 0 Å². The zero-order valence-electron chi connectivity index (χ0n) is 14.3. The molecule has 21 heavy (non-hydrogen) atoms. The first-order valence-corrected chi connectivity index (χ1v) is 7.37. The van der Waals surface area contributed by atoms with Gasteiger partial charge in [0.15, 0.2) is 11.5 Å². The van der Waals surface area contributed by atoms with E-state index in [0.717, 1.165) is 23.6 Å². The summed E-state index contributed by atoms with van der Waals surface area (Å²) in [6.07, 6.45) is 0.0514. The van der Waals surface area contributed by atoms with Crippen LogP contribution in [0.25, 0.3) is 0 Å². The van der Waals surface area contributed by atoms with E-state index in [9.17, 15) is 0 Å². The molecule has 1 aromatic rings. The number of methoxy groups -OCH3 is 3. The highest BCUT2D eigenvalue weighted by atomic mass is 16.5. The van der Waals surface area contributed by atoms with Gasteiger partial charge in [-0.2, -0.15) is 0 Å². The van der Waals surface area contributed by atoms with Crippen LogP contribution in [0.3, 0.4) is 0 Å². The lowest BCUT2D eigenvalue weighted by Crippen LogP contribution is -2.41. The molecule has 0 saturated carbocycles. The van der Waals surface area contributed by atoms with Crippen LogP contribution in [0.5, 0.6) is 11.5 Å². The number of benzene rings is 1. The Balaban J connectivity index is 3.21. The Morgan fingerprint density at radius 1 is 1.05 bits per heavy atom. The standard InChI is InChI=1S/C17H29NO3/c1-8-18-15(16(21-7)17(2,3)4)12-9-10-13(19-5)14(11-12)20-6/h9-11,15-16,18H,8H2,1-7H3. The lowest BCUT2D eigenvalue weighted by molar-refractivity contribution is -0.0116. The smallest absolute Gasteiger partial charge is 0.161 e. The largest absolute Gasteiger partial charge is 0.493 e. The first-order chi connectivity index (χ1) is 9.88. The molecule has 2 atom stereocenters. The van der Waals surface area contributed by atoms with Crippen LogP contribution in [0, 0.1) is 5.41 Å². The molecule has 120 valence electrons. The Morgan fingerprint density at radius 3 is 2.10 bits per heavy atom. The fourth-order valence-corrected chi connectivity index (χ4v) is 2.66. The summed E-state index contributed by atoms with van der Waals surface area (Å²) in [6, 6.07) is 6.12. The highest BCUT2D eigenvalue weighted by Gasteiger charge is 2.33. The maximum atomic E-state index is 5.78. The van der Waals surface area contributed by atoms with Gasteiger partial charge in [0.25, 0.3) is 0 Å². The van der Waals surface area contributed by atoms with Crippen molar-refractivity contribution in [2.24, 2.45) is 5.41 Å². The van der Waals surface area contributed by atoms with E-state index in [2.05, 4.69) is 39.1 Å². The Bertz CT molecular complexity index is 440. The Kier molecular flexibility index (Phi) is 6.49. The molecular weight excluding hydrogens is 266 g/mol. The van der Waals surface area contributed by atoms with E-state index in [-0.39, 0.29) is 17.6 Å². The van der Waals surface area contributed by atoms with Crippen molar-refractivity contribution < 1.29 is 14.2 Å². The maximum Gasteiger partial charge on any atom is 0.161 e. The maximum absolute atomic E-state index is 5.78. The summed E-state index contributed by atoms with van der Waals surface area (Å²) in [5.74, 6) is 1.47. The van der Waals surface area contributed by atoms with Crippen molar-refractivity contribution in [1.29, 1.82) is 0 Å². The average Bonchev–Trinajstić information content (AvgIpc) is 2.45. The van der Waals surface area contributed by atoms with Gasteiger partial charge >= 0.3 is 0 Å². The summed E-state index contributed by atoms with van der Waals surface area (Å²) < 4.78 is 16.5. The highest BCUT2D eigenvalue weighted by molar-refractivity contribution is 5.44. The van der Waals surface area contributed by atoms with Gasteiger partial charge in [-0.1, -0.05) is 33.8 Å². The number of ether oxygens (including phenoxy) is 3. The van der Waals surface area contributed by atoms with Crippen molar-refractivity contribution in [2.45, 2.75) is 39.8 Å². The monoisotopic (exact) mass is 295 g/mol. The van der Waals surface area contributed by atoms with Crippen molar-refractivity contribution in [3.63, 3.8) is 0 Å². The predicted molar refractivity (Wildman–Crippen MR) is 86.2 cm³/mol. The average molecular weight is 295 g/mol. The lowest BCUT2D eigenvalue weighted by Gasteiger charge is -2.36. The Hall–Kier alpha value is -1.26. The van der Waals surface area contributed by atoms with Crippen molar-refractivity contribution >= 4 is 0 Å². The molecule has 0 aliphatic rings. The van der Waals surface area contributed by atoms with E-state index < -0.39 is 0 Å². The van der Waals surface area contributed by atoms with E-state index in [1.54, 1.807) is 21.3 Å². The number of rotatable bonds is 7. The van der Waals surface area contributed by atoms with Crippen molar-refractivity contribution in [3.8, 4) is 11.5 Å². The number of nitrogens with one attached hydrogen (secondary N) is 1. The summed E-state index contributed by atoms with van der Waals surface area (Å²) in [4.78, 5) is 0. The second kappa shape index (κ2) is 7.66. The molecule has 4 heteroatoms. The molecule has 0 bridgehead atoms. The summed E-state index contributed by atoms with van der Waals surface area (Å²) in [6.45, 7) is 9.53. The van der Waals surface area contributed by atoms with E-state index in [0.29, 0.717) is 0 Å². The minimum absolute atomic E-state index is 0.0226. The molecule has 1 aromatic carbocycles. The quantitative estimate of drug-likeness (QED) is 0.836. The molecule has 4 nitrogen and oxygen atoms in total. The molecular formula is C17H29NO3. The molecule has 0 fully saturated rings.